The fourth-order valence-electron chi connectivity index (χ4n) is 3.86. The maximum Gasteiger partial charge on any atom is 0.223 e. The molecule has 2 aromatic rings. The van der Waals surface area contributed by atoms with Crippen LogP contribution in [0, 0.1) is 0 Å². The summed E-state index contributed by atoms with van der Waals surface area (Å²) in [5.74, 6) is 0.742. The second-order valence-corrected chi connectivity index (χ2v) is 11.2. The zero-order chi connectivity index (χ0) is 28.0. The summed E-state index contributed by atoms with van der Waals surface area (Å²) < 4.78 is 2.38. The number of rotatable bonds is 10. The Kier molecular flexibility index (Phi) is 12.7. The number of halogens is 1. The predicted molar refractivity (Wildman–Crippen MR) is 171 cm³/mol. The third-order valence-corrected chi connectivity index (χ3v) is 7.98. The van der Waals surface area contributed by atoms with E-state index in [-0.39, 0.29) is 11.8 Å². The fraction of sp³-hybridized carbons (Fsp3) is 0.276. The lowest BCUT2D eigenvalue weighted by Gasteiger charge is -2.19. The maximum absolute atomic E-state index is 10.00. The molecular weight excluding hydrogens is 548 g/mol. The Labute approximate surface area is 245 Å². The monoisotopic (exact) mass is 582 g/mol. The van der Waals surface area contributed by atoms with E-state index < -0.39 is 0 Å². The maximum atomic E-state index is 10.00. The molecule has 39 heavy (non-hydrogen) atoms. The van der Waals surface area contributed by atoms with Crippen molar-refractivity contribution < 1.29 is 5.11 Å². The molecule has 1 fully saturated rings. The summed E-state index contributed by atoms with van der Waals surface area (Å²) in [5, 5.41) is 19.3. The van der Waals surface area contributed by atoms with Gasteiger partial charge in [0.15, 0.2) is 0 Å². The molecule has 0 radical (unpaired) electrons. The molecule has 10 heteroatoms. The molecule has 0 bridgehead atoms. The number of nitrogens with one attached hydrogen (secondary N) is 2. The zero-order valence-electron chi connectivity index (χ0n) is 22.3. The van der Waals surface area contributed by atoms with Gasteiger partial charge in [0.2, 0.25) is 5.95 Å². The van der Waals surface area contributed by atoms with E-state index in [0.717, 1.165) is 53.5 Å². The Morgan fingerprint density at radius 1 is 1.28 bits per heavy atom. The van der Waals surface area contributed by atoms with Gasteiger partial charge < -0.3 is 15.7 Å². The standard InChI is InChI=1S/C26H29ClN6OS2.C3H6/c1-28-13-15-35-25(24(29-2)18-4-3-5-21(34)16-18)23-10-12-30-26(32-23)31-20-11-14-33(17-20)36-22-8-6-19(27)7-9-22;1-3-2/h3-6,8,10,12-13,15-16,20,28,34H,2,7,9,11,14,17H2,1H3,(H,30,31,32);3H,1H2,2H3/b15-13-,25-24-;. The van der Waals surface area contributed by atoms with Crippen LogP contribution in [-0.2, 0) is 0 Å². The molecule has 0 saturated carbocycles. The van der Waals surface area contributed by atoms with Crippen molar-refractivity contribution in [2.24, 2.45) is 4.99 Å². The topological polar surface area (TPSA) is 85.7 Å². The summed E-state index contributed by atoms with van der Waals surface area (Å²) in [6.45, 7) is 10.9. The van der Waals surface area contributed by atoms with E-state index >= 15 is 0 Å². The van der Waals surface area contributed by atoms with Gasteiger partial charge >= 0.3 is 0 Å². The van der Waals surface area contributed by atoms with Crippen LogP contribution in [0.25, 0.3) is 10.6 Å². The lowest BCUT2D eigenvalue weighted by molar-refractivity contribution is 0.475. The highest BCUT2D eigenvalue weighted by molar-refractivity contribution is 8.11. The third kappa shape index (κ3) is 9.61. The lowest BCUT2D eigenvalue weighted by atomic mass is 10.1. The van der Waals surface area contributed by atoms with E-state index in [4.69, 9.17) is 16.6 Å². The number of phenolic OH excluding ortho intramolecular Hbond substituents is 1. The number of anilines is 1. The Balaban J connectivity index is 0.00000134. The van der Waals surface area contributed by atoms with Crippen LogP contribution >= 0.6 is 35.3 Å². The number of benzene rings is 1. The van der Waals surface area contributed by atoms with Gasteiger partial charge in [0.1, 0.15) is 5.75 Å². The molecule has 1 unspecified atom stereocenters. The van der Waals surface area contributed by atoms with Crippen molar-refractivity contribution in [3.63, 3.8) is 0 Å². The first-order chi connectivity index (χ1) is 19.0. The van der Waals surface area contributed by atoms with Crippen LogP contribution in [-0.4, -0.2) is 52.3 Å². The Morgan fingerprint density at radius 3 is 2.79 bits per heavy atom. The predicted octanol–water partition coefficient (Wildman–Crippen LogP) is 7.26. The number of nitrogens with zero attached hydrogens (tertiary/aromatic N) is 4. The number of aromatic nitrogens is 2. The van der Waals surface area contributed by atoms with Crippen LogP contribution in [0.1, 0.15) is 37.4 Å². The van der Waals surface area contributed by atoms with E-state index in [1.807, 2.05) is 55.7 Å². The minimum Gasteiger partial charge on any atom is -0.508 e. The summed E-state index contributed by atoms with van der Waals surface area (Å²) in [7, 11) is 1.84. The average Bonchev–Trinajstić information content (AvgIpc) is 3.37. The number of allylic oxidation sites excluding steroid dienone is 5. The summed E-state index contributed by atoms with van der Waals surface area (Å²) in [5.41, 5.74) is 2.12. The van der Waals surface area contributed by atoms with Gasteiger partial charge in [-0.1, -0.05) is 47.6 Å². The summed E-state index contributed by atoms with van der Waals surface area (Å²) in [4.78, 5) is 15.7. The van der Waals surface area contributed by atoms with E-state index in [9.17, 15) is 5.11 Å². The Morgan fingerprint density at radius 2 is 2.10 bits per heavy atom. The fourth-order valence-corrected chi connectivity index (χ4v) is 5.99. The first-order valence-corrected chi connectivity index (χ1v) is 14.6. The number of aromatic hydroxyl groups is 1. The molecule has 1 aromatic carbocycles. The van der Waals surface area contributed by atoms with Crippen LogP contribution in [0.4, 0.5) is 5.95 Å². The second-order valence-electron chi connectivity index (χ2n) is 8.62. The van der Waals surface area contributed by atoms with Crippen LogP contribution in [0.5, 0.6) is 5.75 Å². The van der Waals surface area contributed by atoms with Gasteiger partial charge in [-0.2, -0.15) is 0 Å². The highest BCUT2D eigenvalue weighted by atomic mass is 35.5. The van der Waals surface area contributed by atoms with Crippen LogP contribution in [0.2, 0.25) is 0 Å². The molecule has 2 heterocycles. The molecule has 2 aliphatic rings. The molecule has 1 aliphatic heterocycles. The molecule has 1 aliphatic carbocycles. The number of hydrogen-bond acceptors (Lipinski definition) is 9. The normalized spacial score (nSPS) is 17.9. The third-order valence-electron chi connectivity index (χ3n) is 5.59. The van der Waals surface area contributed by atoms with Crippen LogP contribution in [0.15, 0.2) is 87.9 Å². The Bertz CT molecular complexity index is 1260. The molecule has 7 nitrogen and oxygen atoms in total. The highest BCUT2D eigenvalue weighted by Crippen LogP contribution is 2.37. The van der Waals surface area contributed by atoms with E-state index in [1.54, 1.807) is 30.5 Å². The molecular formula is C29H35ClN6OS2. The zero-order valence-corrected chi connectivity index (χ0v) is 24.7. The van der Waals surface area contributed by atoms with Crippen LogP contribution < -0.4 is 10.6 Å². The quantitative estimate of drug-likeness (QED) is 0.153. The number of thioether (sulfide) groups is 1. The first-order valence-electron chi connectivity index (χ1n) is 12.6. The summed E-state index contributed by atoms with van der Waals surface area (Å²) in [6.07, 6.45) is 12.4. The molecule has 206 valence electrons. The minimum atomic E-state index is 0.167. The van der Waals surface area contributed by atoms with Crippen molar-refractivity contribution in [1.29, 1.82) is 0 Å². The van der Waals surface area contributed by atoms with Gasteiger partial charge in [-0.3, -0.25) is 4.99 Å². The van der Waals surface area contributed by atoms with Gasteiger partial charge in [-0.25, -0.2) is 14.3 Å². The minimum absolute atomic E-state index is 0.167. The summed E-state index contributed by atoms with van der Waals surface area (Å²) >= 11 is 9.38. The van der Waals surface area contributed by atoms with Gasteiger partial charge in [-0.05, 0) is 74.5 Å². The molecule has 4 rings (SSSR count). The molecule has 1 aromatic heterocycles. The number of phenols is 1. The average molecular weight is 583 g/mol. The van der Waals surface area contributed by atoms with E-state index in [2.05, 4.69) is 44.3 Å². The largest absolute Gasteiger partial charge is 0.508 e. The number of hydrogen-bond donors (Lipinski definition) is 3. The van der Waals surface area contributed by atoms with Crippen LogP contribution in [0.3, 0.4) is 0 Å². The van der Waals surface area contributed by atoms with Gasteiger partial charge in [0.05, 0.1) is 16.3 Å². The van der Waals surface area contributed by atoms with Crippen molar-refractivity contribution >= 4 is 58.6 Å². The van der Waals surface area contributed by atoms with E-state index in [1.165, 1.54) is 16.7 Å². The molecule has 1 saturated heterocycles. The number of aliphatic imine (C=N–C) groups is 1. The smallest absolute Gasteiger partial charge is 0.223 e. The summed E-state index contributed by atoms with van der Waals surface area (Å²) in [6, 6.07) is 9.09. The second kappa shape index (κ2) is 16.2. The molecule has 3 N–H and O–H groups in total. The molecule has 0 amide bonds. The van der Waals surface area contributed by atoms with Crippen molar-refractivity contribution in [2.45, 2.75) is 32.2 Å². The van der Waals surface area contributed by atoms with Crippen molar-refractivity contribution in [1.82, 2.24) is 19.6 Å². The van der Waals surface area contributed by atoms with E-state index in [0.29, 0.717) is 11.6 Å². The van der Waals surface area contributed by atoms with Gasteiger partial charge in [0, 0.05) is 54.1 Å². The SMILES string of the molecule is C=CC.C=N/C(=C(\S/C=C\NC)c1ccnc(NC2CCN(SC3=CC=C(Cl)CC3)C2)n1)c1cccc(O)c1. The van der Waals surface area contributed by atoms with Crippen molar-refractivity contribution in [2.75, 3.05) is 25.5 Å². The Hall–Kier alpha value is -2.98. The van der Waals surface area contributed by atoms with Gasteiger partial charge in [-0.15, -0.1) is 6.58 Å². The lowest BCUT2D eigenvalue weighted by Crippen LogP contribution is -2.24. The van der Waals surface area contributed by atoms with Crippen molar-refractivity contribution in [3.05, 3.63) is 94.1 Å². The van der Waals surface area contributed by atoms with Crippen molar-refractivity contribution in [3.8, 4) is 5.75 Å². The molecule has 0 spiro atoms. The van der Waals surface area contributed by atoms with Gasteiger partial charge in [0.25, 0.3) is 0 Å². The molecule has 1 atom stereocenters. The first kappa shape index (κ1) is 30.6. The highest BCUT2D eigenvalue weighted by Gasteiger charge is 2.25.